The lowest BCUT2D eigenvalue weighted by Gasteiger charge is -2.25. The molecule has 9 nitrogen and oxygen atoms in total. The summed E-state index contributed by atoms with van der Waals surface area (Å²) in [6.45, 7) is 3.94. The van der Waals surface area contributed by atoms with Crippen LogP contribution in [-0.2, 0) is 22.3 Å². The second-order valence-corrected chi connectivity index (χ2v) is 7.40. The van der Waals surface area contributed by atoms with Gasteiger partial charge in [-0.1, -0.05) is 20.3 Å². The van der Waals surface area contributed by atoms with E-state index in [2.05, 4.69) is 25.5 Å². The minimum atomic E-state index is -4.51. The van der Waals surface area contributed by atoms with Crippen molar-refractivity contribution in [3.05, 3.63) is 42.0 Å². The van der Waals surface area contributed by atoms with Crippen LogP contribution in [0.15, 0.2) is 30.7 Å². The zero-order valence-electron chi connectivity index (χ0n) is 17.4. The zero-order chi connectivity index (χ0) is 23.5. The van der Waals surface area contributed by atoms with Gasteiger partial charge in [0, 0.05) is 12.7 Å². The van der Waals surface area contributed by atoms with Crippen molar-refractivity contribution in [3.8, 4) is 0 Å². The van der Waals surface area contributed by atoms with Gasteiger partial charge >= 0.3 is 18.0 Å². The van der Waals surface area contributed by atoms with Gasteiger partial charge in [-0.25, -0.2) is 4.98 Å². The molecule has 0 spiro atoms. The fourth-order valence-electron chi connectivity index (χ4n) is 2.97. The number of nitrogens with one attached hydrogen (secondary N) is 2. The van der Waals surface area contributed by atoms with Gasteiger partial charge < -0.3 is 16.0 Å². The maximum Gasteiger partial charge on any atom is 0.417 e. The van der Waals surface area contributed by atoms with E-state index >= 15 is 0 Å². The zero-order valence-corrected chi connectivity index (χ0v) is 17.4. The van der Waals surface area contributed by atoms with Crippen LogP contribution in [0, 0.1) is 5.92 Å². The second-order valence-electron chi connectivity index (χ2n) is 7.40. The number of hydrogen-bond acceptors (Lipinski definition) is 6. The van der Waals surface area contributed by atoms with Crippen LogP contribution in [0.4, 0.5) is 24.7 Å². The first kappa shape index (κ1) is 23.0. The Hall–Kier alpha value is -3.70. The molecule has 2 amide bonds. The van der Waals surface area contributed by atoms with Gasteiger partial charge in [0.25, 0.3) is 0 Å². The molecule has 3 aromatic rings. The molecule has 0 aliphatic heterocycles. The number of nitrogens with two attached hydrogens (primary N) is 1. The quantitative estimate of drug-likeness (QED) is 0.496. The maximum atomic E-state index is 12.9. The Kier molecular flexibility index (Phi) is 6.61. The number of hydrogen-bond donors (Lipinski definition) is 3. The van der Waals surface area contributed by atoms with Crippen LogP contribution in [0.1, 0.15) is 31.5 Å². The Labute approximate surface area is 181 Å². The Morgan fingerprint density at radius 3 is 2.59 bits per heavy atom. The second kappa shape index (κ2) is 9.20. The van der Waals surface area contributed by atoms with E-state index < -0.39 is 23.6 Å². The third-order valence-corrected chi connectivity index (χ3v) is 4.98. The highest BCUT2D eigenvalue weighted by Crippen LogP contribution is 2.28. The summed E-state index contributed by atoms with van der Waals surface area (Å²) < 4.78 is 38.3. The smallest absolute Gasteiger partial charge is 0.383 e. The van der Waals surface area contributed by atoms with Crippen molar-refractivity contribution in [3.63, 3.8) is 0 Å². The highest BCUT2D eigenvalue weighted by Gasteiger charge is 2.31. The molecule has 0 saturated heterocycles. The van der Waals surface area contributed by atoms with Crippen molar-refractivity contribution in [2.45, 2.75) is 33.0 Å². The molecule has 12 heteroatoms. The minimum absolute atomic E-state index is 0.0544. The molecule has 170 valence electrons. The summed E-state index contributed by atoms with van der Waals surface area (Å²) in [5, 5.41) is 9.53. The summed E-state index contributed by atoms with van der Waals surface area (Å²) in [7, 11) is 0. The number of alkyl halides is 3. The molecule has 0 unspecified atom stereocenters. The number of rotatable bonds is 6. The van der Waals surface area contributed by atoms with Crippen molar-refractivity contribution >= 4 is 34.2 Å². The lowest BCUT2D eigenvalue weighted by Crippen LogP contribution is -2.41. The Morgan fingerprint density at radius 2 is 1.97 bits per heavy atom. The van der Waals surface area contributed by atoms with E-state index in [1.165, 1.54) is 23.4 Å². The van der Waals surface area contributed by atoms with Gasteiger partial charge in [-0.05, 0) is 18.1 Å². The molecular formula is C20H22F3N7O2. The molecule has 3 aromatic heterocycles. The molecule has 32 heavy (non-hydrogen) atoms. The molecule has 0 radical (unpaired) electrons. The van der Waals surface area contributed by atoms with Crippen molar-refractivity contribution < 1.29 is 22.8 Å². The minimum Gasteiger partial charge on any atom is -0.383 e. The molecule has 4 N–H and O–H groups in total. The average Bonchev–Trinajstić information content (AvgIpc) is 3.25. The first-order valence-electron chi connectivity index (χ1n) is 9.80. The summed E-state index contributed by atoms with van der Waals surface area (Å²) >= 11 is 0. The van der Waals surface area contributed by atoms with Crippen LogP contribution in [0.5, 0.6) is 0 Å². The van der Waals surface area contributed by atoms with Crippen molar-refractivity contribution in [1.82, 2.24) is 25.1 Å². The average molecular weight is 449 g/mol. The summed E-state index contributed by atoms with van der Waals surface area (Å²) in [5.41, 5.74) is 5.74. The van der Waals surface area contributed by atoms with Crippen LogP contribution in [0.3, 0.4) is 0 Å². The molecule has 0 saturated carbocycles. The van der Waals surface area contributed by atoms with E-state index in [-0.39, 0.29) is 36.2 Å². The number of aromatic amines is 1. The Morgan fingerprint density at radius 1 is 1.22 bits per heavy atom. The lowest BCUT2D eigenvalue weighted by atomic mass is 10.1. The third-order valence-electron chi connectivity index (χ3n) is 4.98. The van der Waals surface area contributed by atoms with E-state index in [9.17, 15) is 22.8 Å². The number of amides is 2. The third kappa shape index (κ3) is 5.13. The number of fused-ring (bicyclic) bond motifs is 1. The van der Waals surface area contributed by atoms with Gasteiger partial charge in [-0.3, -0.25) is 19.7 Å². The first-order valence-corrected chi connectivity index (χ1v) is 9.80. The molecule has 0 bridgehead atoms. The number of H-pyrrole nitrogens is 1. The van der Waals surface area contributed by atoms with Crippen LogP contribution in [0.25, 0.3) is 10.9 Å². The van der Waals surface area contributed by atoms with Crippen molar-refractivity contribution in [2.24, 2.45) is 5.92 Å². The molecule has 3 rings (SSSR count). The molecular weight excluding hydrogens is 427 g/mol. The van der Waals surface area contributed by atoms with Crippen LogP contribution in [-0.4, -0.2) is 43.4 Å². The van der Waals surface area contributed by atoms with Crippen LogP contribution in [0.2, 0.25) is 0 Å². The van der Waals surface area contributed by atoms with Crippen LogP contribution < -0.4 is 11.1 Å². The highest BCUT2D eigenvalue weighted by atomic mass is 19.4. The molecule has 3 heterocycles. The molecule has 1 atom stereocenters. The standard InChI is InChI=1S/C20H22F3N7O2/c1-3-11(2)9-30(10-13-5-4-12(6-25-13)20(21,22)23)19(32)18(31)28-15-8-26-17(24)14-7-27-29-16(14)15/h4-8,11H,3,9-10H2,1-2H3,(H2,24,26)(H,27,29)(H,28,31)/t11-/m0/s1. The van der Waals surface area contributed by atoms with E-state index in [0.29, 0.717) is 17.1 Å². The topological polar surface area (TPSA) is 130 Å². The van der Waals surface area contributed by atoms with E-state index in [1.807, 2.05) is 13.8 Å². The largest absolute Gasteiger partial charge is 0.417 e. The predicted molar refractivity (Wildman–Crippen MR) is 111 cm³/mol. The summed E-state index contributed by atoms with van der Waals surface area (Å²) in [6, 6.07) is 2.08. The number of pyridine rings is 2. The molecule has 0 aliphatic rings. The number of carbonyl (C=O) groups is 2. The SMILES string of the molecule is CC[C@H](C)CN(Cc1ccc(C(F)(F)F)cn1)C(=O)C(=O)Nc1cnc(N)c2cn[nH]c12. The van der Waals surface area contributed by atoms with Crippen LogP contribution >= 0.6 is 0 Å². The molecule has 0 aliphatic carbocycles. The first-order chi connectivity index (χ1) is 15.1. The van der Waals surface area contributed by atoms with Gasteiger partial charge in [0.1, 0.15) is 5.82 Å². The fourth-order valence-corrected chi connectivity index (χ4v) is 2.97. The normalized spacial score (nSPS) is 12.5. The monoisotopic (exact) mass is 449 g/mol. The number of nitrogens with zero attached hydrogens (tertiary/aromatic N) is 4. The number of halogens is 3. The Bertz CT molecular complexity index is 1110. The van der Waals surface area contributed by atoms with E-state index in [1.54, 1.807) is 0 Å². The van der Waals surface area contributed by atoms with Gasteiger partial charge in [-0.15, -0.1) is 0 Å². The van der Waals surface area contributed by atoms with Gasteiger partial charge in [0.15, 0.2) is 0 Å². The number of anilines is 2. The molecule has 0 fully saturated rings. The van der Waals surface area contributed by atoms with Gasteiger partial charge in [-0.2, -0.15) is 18.3 Å². The molecule has 0 aromatic carbocycles. The fraction of sp³-hybridized carbons (Fsp3) is 0.350. The summed E-state index contributed by atoms with van der Waals surface area (Å²) in [6.07, 6.45) is -0.320. The predicted octanol–water partition coefficient (Wildman–Crippen LogP) is 2.97. The number of nitrogen functional groups attached to an aromatic ring is 1. The maximum absolute atomic E-state index is 12.9. The number of carbonyl (C=O) groups excluding carboxylic acids is 2. The Balaban J connectivity index is 1.79. The summed E-state index contributed by atoms with van der Waals surface area (Å²) in [5.74, 6) is -1.51. The van der Waals surface area contributed by atoms with E-state index in [4.69, 9.17) is 5.73 Å². The van der Waals surface area contributed by atoms with Crippen molar-refractivity contribution in [1.29, 1.82) is 0 Å². The lowest BCUT2D eigenvalue weighted by molar-refractivity contribution is -0.144. The summed E-state index contributed by atoms with van der Waals surface area (Å²) in [4.78, 5) is 34.6. The highest BCUT2D eigenvalue weighted by molar-refractivity contribution is 6.40. The van der Waals surface area contributed by atoms with Crippen molar-refractivity contribution in [2.75, 3.05) is 17.6 Å². The number of aromatic nitrogens is 4. The van der Waals surface area contributed by atoms with E-state index in [0.717, 1.165) is 12.5 Å². The van der Waals surface area contributed by atoms with Gasteiger partial charge in [0.2, 0.25) is 0 Å². The van der Waals surface area contributed by atoms with Gasteiger partial charge in [0.05, 0.1) is 46.8 Å².